The monoisotopic (exact) mass is 311 g/mol. The van der Waals surface area contributed by atoms with E-state index >= 15 is 0 Å². The lowest BCUT2D eigenvalue weighted by Crippen LogP contribution is -2.34. The van der Waals surface area contributed by atoms with Crippen molar-refractivity contribution in [3.05, 3.63) is 18.0 Å². The second-order valence-electron chi connectivity index (χ2n) is 6.80. The lowest BCUT2D eigenvalue weighted by molar-refractivity contribution is 0.317. The summed E-state index contributed by atoms with van der Waals surface area (Å²) < 4.78 is 25.6. The summed E-state index contributed by atoms with van der Waals surface area (Å²) in [5.41, 5.74) is 6.58. The van der Waals surface area contributed by atoms with Crippen LogP contribution in [-0.2, 0) is 16.3 Å². The Bertz CT molecular complexity index is 590. The molecule has 0 bridgehead atoms. The van der Waals surface area contributed by atoms with Crippen molar-refractivity contribution in [3.63, 3.8) is 0 Å². The molecule has 1 aromatic rings. The quantitative estimate of drug-likeness (QED) is 0.918. The summed E-state index contributed by atoms with van der Waals surface area (Å²) >= 11 is 0. The molecule has 2 N–H and O–H groups in total. The van der Waals surface area contributed by atoms with Gasteiger partial charge in [0.25, 0.3) is 0 Å². The van der Waals surface area contributed by atoms with Crippen molar-refractivity contribution in [1.29, 1.82) is 0 Å². The third-order valence-electron chi connectivity index (χ3n) is 5.07. The molecule has 21 heavy (non-hydrogen) atoms. The third kappa shape index (κ3) is 3.31. The molecule has 2 fully saturated rings. The van der Waals surface area contributed by atoms with Crippen LogP contribution in [0, 0.1) is 5.41 Å². The van der Waals surface area contributed by atoms with Crippen LogP contribution >= 0.6 is 0 Å². The summed E-state index contributed by atoms with van der Waals surface area (Å²) in [4.78, 5) is 0. The normalized spacial score (nSPS) is 29.8. The van der Waals surface area contributed by atoms with Crippen molar-refractivity contribution in [3.8, 4) is 0 Å². The molecule has 1 aromatic heterocycles. The fourth-order valence-electron chi connectivity index (χ4n) is 3.76. The molecular formula is C15H25N3O2S. The minimum Gasteiger partial charge on any atom is -0.330 e. The number of hydrogen-bond acceptors (Lipinski definition) is 4. The SMILES string of the molecule is NCC1(Cc2ccn(C3CCCCC3)n2)CCS(=O)(=O)C1. The van der Waals surface area contributed by atoms with Crippen LogP contribution in [0.5, 0.6) is 0 Å². The van der Waals surface area contributed by atoms with E-state index in [0.29, 0.717) is 25.4 Å². The van der Waals surface area contributed by atoms with Crippen LogP contribution < -0.4 is 5.73 Å². The first kappa shape index (κ1) is 15.0. The van der Waals surface area contributed by atoms with Gasteiger partial charge >= 0.3 is 0 Å². The van der Waals surface area contributed by atoms with E-state index in [-0.39, 0.29) is 16.9 Å². The summed E-state index contributed by atoms with van der Waals surface area (Å²) in [7, 11) is -2.91. The van der Waals surface area contributed by atoms with Crippen LogP contribution in [0.2, 0.25) is 0 Å². The third-order valence-corrected chi connectivity index (χ3v) is 6.95. The van der Waals surface area contributed by atoms with Crippen LogP contribution in [-0.4, -0.2) is 36.2 Å². The highest BCUT2D eigenvalue weighted by Crippen LogP contribution is 2.35. The molecule has 0 aromatic carbocycles. The van der Waals surface area contributed by atoms with Gasteiger partial charge < -0.3 is 5.73 Å². The molecule has 0 radical (unpaired) electrons. The zero-order chi connectivity index (χ0) is 14.9. The zero-order valence-electron chi connectivity index (χ0n) is 12.5. The fourth-order valence-corrected chi connectivity index (χ4v) is 5.95. The summed E-state index contributed by atoms with van der Waals surface area (Å²) in [6, 6.07) is 2.56. The van der Waals surface area contributed by atoms with E-state index in [9.17, 15) is 8.42 Å². The van der Waals surface area contributed by atoms with Crippen LogP contribution in [0.15, 0.2) is 12.3 Å². The van der Waals surface area contributed by atoms with Crippen molar-refractivity contribution in [2.75, 3.05) is 18.1 Å². The van der Waals surface area contributed by atoms with Gasteiger partial charge in [-0.2, -0.15) is 5.10 Å². The number of nitrogens with two attached hydrogens (primary N) is 1. The van der Waals surface area contributed by atoms with E-state index in [1.165, 1.54) is 32.1 Å². The fraction of sp³-hybridized carbons (Fsp3) is 0.800. The number of nitrogens with zero attached hydrogens (tertiary/aromatic N) is 2. The molecule has 0 amide bonds. The lowest BCUT2D eigenvalue weighted by atomic mass is 9.83. The van der Waals surface area contributed by atoms with Gasteiger partial charge in [-0.1, -0.05) is 19.3 Å². The van der Waals surface area contributed by atoms with Gasteiger partial charge in [-0.3, -0.25) is 4.68 Å². The molecule has 5 nitrogen and oxygen atoms in total. The van der Waals surface area contributed by atoms with Crippen molar-refractivity contribution in [2.24, 2.45) is 11.1 Å². The predicted octanol–water partition coefficient (Wildman–Crippen LogP) is 1.69. The molecule has 6 heteroatoms. The molecule has 1 atom stereocenters. The number of rotatable bonds is 4. The Labute approximate surface area is 126 Å². The van der Waals surface area contributed by atoms with Crippen molar-refractivity contribution in [2.45, 2.75) is 51.0 Å². The Morgan fingerprint density at radius 1 is 1.33 bits per heavy atom. The highest BCUT2D eigenvalue weighted by molar-refractivity contribution is 7.91. The van der Waals surface area contributed by atoms with Crippen LogP contribution in [0.25, 0.3) is 0 Å². The predicted molar refractivity (Wildman–Crippen MR) is 82.8 cm³/mol. The van der Waals surface area contributed by atoms with E-state index in [4.69, 9.17) is 10.8 Å². The van der Waals surface area contributed by atoms with E-state index in [0.717, 1.165) is 5.69 Å². The first-order chi connectivity index (χ1) is 10.0. The minimum absolute atomic E-state index is 0.215. The first-order valence-corrected chi connectivity index (χ1v) is 9.79. The molecule has 1 unspecified atom stereocenters. The van der Waals surface area contributed by atoms with E-state index in [2.05, 4.69) is 10.9 Å². The van der Waals surface area contributed by atoms with Gasteiger partial charge in [0.05, 0.1) is 23.2 Å². The van der Waals surface area contributed by atoms with Gasteiger partial charge in [-0.15, -0.1) is 0 Å². The van der Waals surface area contributed by atoms with Gasteiger partial charge in [-0.25, -0.2) is 8.42 Å². The molecule has 1 saturated heterocycles. The van der Waals surface area contributed by atoms with Crippen LogP contribution in [0.1, 0.15) is 50.3 Å². The maximum Gasteiger partial charge on any atom is 0.150 e. The van der Waals surface area contributed by atoms with Gasteiger partial charge in [0.2, 0.25) is 0 Å². The molecule has 1 aliphatic carbocycles. The maximum absolute atomic E-state index is 11.8. The Kier molecular flexibility index (Phi) is 4.10. The largest absolute Gasteiger partial charge is 0.330 e. The maximum atomic E-state index is 11.8. The highest BCUT2D eigenvalue weighted by atomic mass is 32.2. The van der Waals surface area contributed by atoms with Gasteiger partial charge in [0.1, 0.15) is 0 Å². The number of sulfone groups is 1. The first-order valence-electron chi connectivity index (χ1n) is 7.97. The molecule has 0 spiro atoms. The Morgan fingerprint density at radius 3 is 2.71 bits per heavy atom. The summed E-state index contributed by atoms with van der Waals surface area (Å²) in [5.74, 6) is 0.486. The summed E-state index contributed by atoms with van der Waals surface area (Å²) in [5, 5.41) is 4.70. The Balaban J connectivity index is 1.71. The topological polar surface area (TPSA) is 78.0 Å². The molecule has 1 aliphatic heterocycles. The average Bonchev–Trinajstić information content (AvgIpc) is 3.05. The lowest BCUT2D eigenvalue weighted by Gasteiger charge is -2.25. The molecule has 118 valence electrons. The molecule has 2 aliphatic rings. The minimum atomic E-state index is -2.91. The Hall–Kier alpha value is -0.880. The van der Waals surface area contributed by atoms with Gasteiger partial charge in [0.15, 0.2) is 9.84 Å². The number of hydrogen-bond donors (Lipinski definition) is 1. The summed E-state index contributed by atoms with van der Waals surface area (Å²) in [6.07, 6.45) is 9.72. The van der Waals surface area contributed by atoms with E-state index in [1.54, 1.807) is 0 Å². The zero-order valence-corrected chi connectivity index (χ0v) is 13.3. The number of aromatic nitrogens is 2. The molecule has 3 rings (SSSR count). The van der Waals surface area contributed by atoms with Crippen LogP contribution in [0.4, 0.5) is 0 Å². The van der Waals surface area contributed by atoms with Crippen molar-refractivity contribution >= 4 is 9.84 Å². The smallest absolute Gasteiger partial charge is 0.150 e. The van der Waals surface area contributed by atoms with Crippen molar-refractivity contribution in [1.82, 2.24) is 9.78 Å². The van der Waals surface area contributed by atoms with Gasteiger partial charge in [-0.05, 0) is 38.3 Å². The van der Waals surface area contributed by atoms with E-state index < -0.39 is 9.84 Å². The Morgan fingerprint density at radius 2 is 2.10 bits per heavy atom. The second kappa shape index (κ2) is 5.72. The average molecular weight is 311 g/mol. The van der Waals surface area contributed by atoms with E-state index in [1.807, 2.05) is 6.07 Å². The van der Waals surface area contributed by atoms with Gasteiger partial charge in [0, 0.05) is 11.6 Å². The summed E-state index contributed by atoms with van der Waals surface area (Å²) in [6.45, 7) is 0.419. The molecule has 1 saturated carbocycles. The standard InChI is InChI=1S/C15H25N3O2S/c16-11-15(7-9-21(19,20)12-15)10-13-6-8-18(17-13)14-4-2-1-3-5-14/h6,8,14H,1-5,7,9-12,16H2. The highest BCUT2D eigenvalue weighted by Gasteiger charge is 2.41. The molecule has 2 heterocycles. The second-order valence-corrected chi connectivity index (χ2v) is 8.99. The van der Waals surface area contributed by atoms with Crippen LogP contribution in [0.3, 0.4) is 0 Å². The van der Waals surface area contributed by atoms with Crippen molar-refractivity contribution < 1.29 is 8.42 Å². The molecular weight excluding hydrogens is 286 g/mol.